The quantitative estimate of drug-likeness (QED) is 0.656. The Bertz CT molecular complexity index is 841. The van der Waals surface area contributed by atoms with E-state index in [4.69, 9.17) is 0 Å². The molecule has 1 fully saturated rings. The number of nitrogens with zero attached hydrogens (tertiary/aromatic N) is 3. The Hall–Kier alpha value is -1.63. The highest BCUT2D eigenvalue weighted by Gasteiger charge is 2.32. The summed E-state index contributed by atoms with van der Waals surface area (Å²) in [6, 6.07) is 5.34. The van der Waals surface area contributed by atoms with E-state index in [-0.39, 0.29) is 16.7 Å². The molecule has 1 aromatic heterocycles. The van der Waals surface area contributed by atoms with Gasteiger partial charge in [-0.25, -0.2) is 13.4 Å². The van der Waals surface area contributed by atoms with Crippen molar-refractivity contribution < 1.29 is 13.2 Å². The van der Waals surface area contributed by atoms with Gasteiger partial charge in [0, 0.05) is 19.3 Å². The zero-order valence-corrected chi connectivity index (χ0v) is 19.1. The van der Waals surface area contributed by atoms with Crippen molar-refractivity contribution in [2.24, 2.45) is 5.92 Å². The Balaban J connectivity index is 2.04. The predicted octanol–water partition coefficient (Wildman–Crippen LogP) is 3.18. The molecule has 2 rings (SSSR count). The summed E-state index contributed by atoms with van der Waals surface area (Å²) < 4.78 is 27.2. The summed E-state index contributed by atoms with van der Waals surface area (Å²) in [5.41, 5.74) is -0.940. The van der Waals surface area contributed by atoms with Gasteiger partial charge in [-0.05, 0) is 44.7 Å². The lowest BCUT2D eigenvalue weighted by molar-refractivity contribution is -0.121. The first-order chi connectivity index (χ1) is 13.6. The lowest BCUT2D eigenvalue weighted by atomic mass is 9.90. The van der Waals surface area contributed by atoms with Crippen molar-refractivity contribution in [3.05, 3.63) is 18.3 Å². The summed E-state index contributed by atoms with van der Waals surface area (Å²) in [7, 11) is -3.54. The molecule has 7 nitrogen and oxygen atoms in total. The average Bonchev–Trinajstić information content (AvgIpc) is 2.98. The molecule has 1 N–H and O–H groups in total. The van der Waals surface area contributed by atoms with Crippen LogP contribution in [0, 0.1) is 17.2 Å². The summed E-state index contributed by atoms with van der Waals surface area (Å²) in [6.45, 7) is 8.29. The third-order valence-corrected chi connectivity index (χ3v) is 8.28. The van der Waals surface area contributed by atoms with E-state index in [2.05, 4.69) is 16.4 Å². The van der Waals surface area contributed by atoms with E-state index >= 15 is 0 Å². The van der Waals surface area contributed by atoms with Crippen LogP contribution in [0.5, 0.6) is 0 Å². The second-order valence-electron chi connectivity index (χ2n) is 7.87. The van der Waals surface area contributed by atoms with Crippen LogP contribution in [0.25, 0.3) is 0 Å². The minimum absolute atomic E-state index is 0.0322. The number of hydrogen-bond acceptors (Lipinski definition) is 6. The summed E-state index contributed by atoms with van der Waals surface area (Å²) in [5.74, 6) is -0.286. The number of thioether (sulfide) groups is 1. The molecule has 0 saturated carbocycles. The van der Waals surface area contributed by atoms with Gasteiger partial charge in [0.15, 0.2) is 0 Å². The highest BCUT2D eigenvalue weighted by molar-refractivity contribution is 8.00. The van der Waals surface area contributed by atoms with Crippen molar-refractivity contribution in [2.45, 2.75) is 74.1 Å². The van der Waals surface area contributed by atoms with E-state index in [1.165, 1.54) is 22.3 Å². The van der Waals surface area contributed by atoms with Crippen molar-refractivity contribution in [2.75, 3.05) is 13.1 Å². The molecule has 29 heavy (non-hydrogen) atoms. The highest BCUT2D eigenvalue weighted by Crippen LogP contribution is 2.25. The van der Waals surface area contributed by atoms with Crippen molar-refractivity contribution in [1.82, 2.24) is 14.6 Å². The maximum atomic E-state index is 12.8. The van der Waals surface area contributed by atoms with Crippen LogP contribution in [0.3, 0.4) is 0 Å². The van der Waals surface area contributed by atoms with Crippen molar-refractivity contribution in [3.8, 4) is 6.07 Å². The maximum Gasteiger partial charge on any atom is 0.244 e. The van der Waals surface area contributed by atoms with Gasteiger partial charge in [-0.15, -0.1) is 0 Å². The van der Waals surface area contributed by atoms with E-state index in [1.54, 1.807) is 26.0 Å². The third kappa shape index (κ3) is 5.93. The summed E-state index contributed by atoms with van der Waals surface area (Å²) in [6.07, 6.45) is 5.24. The Morgan fingerprint density at radius 3 is 2.34 bits per heavy atom. The lowest BCUT2D eigenvalue weighted by Crippen LogP contribution is -2.51. The lowest BCUT2D eigenvalue weighted by Gasteiger charge is -2.28. The van der Waals surface area contributed by atoms with E-state index < -0.39 is 20.8 Å². The zero-order valence-electron chi connectivity index (χ0n) is 17.5. The van der Waals surface area contributed by atoms with E-state index in [0.717, 1.165) is 25.7 Å². The molecular weight excluding hydrogens is 408 g/mol. The summed E-state index contributed by atoms with van der Waals surface area (Å²) in [5, 5.41) is 12.2. The van der Waals surface area contributed by atoms with Gasteiger partial charge in [0.05, 0.1) is 16.3 Å². The number of carbonyl (C=O) groups excluding carboxylic acids is 1. The van der Waals surface area contributed by atoms with Gasteiger partial charge in [0.2, 0.25) is 15.9 Å². The molecule has 1 aliphatic heterocycles. The molecule has 0 aromatic carbocycles. The summed E-state index contributed by atoms with van der Waals surface area (Å²) in [4.78, 5) is 16.9. The van der Waals surface area contributed by atoms with Crippen LogP contribution in [0.1, 0.15) is 53.4 Å². The minimum atomic E-state index is -3.54. The number of rotatable bonds is 7. The van der Waals surface area contributed by atoms with Gasteiger partial charge in [0.25, 0.3) is 0 Å². The van der Waals surface area contributed by atoms with Crippen LogP contribution in [-0.4, -0.2) is 47.5 Å². The first-order valence-corrected chi connectivity index (χ1v) is 12.3. The van der Waals surface area contributed by atoms with Crippen LogP contribution in [0.4, 0.5) is 0 Å². The van der Waals surface area contributed by atoms with Crippen molar-refractivity contribution in [1.29, 1.82) is 5.26 Å². The molecule has 0 aliphatic carbocycles. The third-order valence-electron chi connectivity index (χ3n) is 5.35. The zero-order chi connectivity index (χ0) is 21.7. The molecule has 2 unspecified atom stereocenters. The second-order valence-corrected chi connectivity index (χ2v) is 11.2. The Morgan fingerprint density at radius 1 is 1.24 bits per heavy atom. The smallest absolute Gasteiger partial charge is 0.244 e. The fourth-order valence-electron chi connectivity index (χ4n) is 2.91. The van der Waals surface area contributed by atoms with E-state index in [9.17, 15) is 18.5 Å². The van der Waals surface area contributed by atoms with Gasteiger partial charge in [-0.2, -0.15) is 9.57 Å². The second kappa shape index (κ2) is 9.92. The molecule has 9 heteroatoms. The summed E-state index contributed by atoms with van der Waals surface area (Å²) >= 11 is 1.23. The van der Waals surface area contributed by atoms with Crippen LogP contribution < -0.4 is 5.32 Å². The number of carbonyl (C=O) groups is 1. The number of pyridine rings is 1. The highest BCUT2D eigenvalue weighted by atomic mass is 32.2. The molecule has 2 atom stereocenters. The fraction of sp³-hybridized carbons (Fsp3) is 0.650. The normalized spacial score (nSPS) is 19.0. The molecule has 160 valence electrons. The molecule has 0 radical (unpaired) electrons. The van der Waals surface area contributed by atoms with Crippen LogP contribution in [0.15, 0.2) is 28.3 Å². The first kappa shape index (κ1) is 23.6. The predicted molar refractivity (Wildman–Crippen MR) is 114 cm³/mol. The number of hydrogen-bond donors (Lipinski definition) is 1. The first-order valence-electron chi connectivity index (χ1n) is 9.96. The molecule has 1 amide bonds. The Labute approximate surface area is 178 Å². The standard InChI is InChI=1S/C20H30N4O3S2/c1-15(2)20(4,14-21)23-19(25)16(3)28-18-10-9-17(13-22-18)29(26,27)24-11-7-5-6-8-12-24/h9-10,13,15-16H,5-8,11-12H2,1-4H3,(H,23,25). The Morgan fingerprint density at radius 2 is 1.86 bits per heavy atom. The van der Waals surface area contributed by atoms with Crippen molar-refractivity contribution >= 4 is 27.7 Å². The van der Waals surface area contributed by atoms with E-state index in [0.29, 0.717) is 18.1 Å². The SMILES string of the molecule is CC(Sc1ccc(S(=O)(=O)N2CCCCCC2)cn1)C(=O)NC(C)(C#N)C(C)C. The van der Waals surface area contributed by atoms with Crippen LogP contribution in [0.2, 0.25) is 0 Å². The molecule has 0 spiro atoms. The van der Waals surface area contributed by atoms with E-state index in [1.807, 2.05) is 13.8 Å². The molecule has 1 aliphatic rings. The number of aromatic nitrogens is 1. The monoisotopic (exact) mass is 438 g/mol. The fourth-order valence-corrected chi connectivity index (χ4v) is 5.17. The topological polar surface area (TPSA) is 103 Å². The molecular formula is C20H30N4O3S2. The molecule has 2 heterocycles. The largest absolute Gasteiger partial charge is 0.337 e. The van der Waals surface area contributed by atoms with Crippen molar-refractivity contribution in [3.63, 3.8) is 0 Å². The van der Waals surface area contributed by atoms with Gasteiger partial charge in [-0.1, -0.05) is 38.5 Å². The van der Waals surface area contributed by atoms with Gasteiger partial charge in [-0.3, -0.25) is 4.79 Å². The number of nitriles is 1. The van der Waals surface area contributed by atoms with Gasteiger partial charge >= 0.3 is 0 Å². The Kier molecular flexibility index (Phi) is 8.09. The number of amides is 1. The minimum Gasteiger partial charge on any atom is -0.337 e. The van der Waals surface area contributed by atoms with Crippen LogP contribution in [-0.2, 0) is 14.8 Å². The van der Waals surface area contributed by atoms with Gasteiger partial charge in [0.1, 0.15) is 10.4 Å². The molecule has 0 bridgehead atoms. The average molecular weight is 439 g/mol. The number of sulfonamides is 1. The molecule has 1 saturated heterocycles. The maximum absolute atomic E-state index is 12.8. The van der Waals surface area contributed by atoms with Gasteiger partial charge < -0.3 is 5.32 Å². The molecule has 1 aromatic rings. The van der Waals surface area contributed by atoms with Crippen LogP contribution >= 0.6 is 11.8 Å². The number of nitrogens with one attached hydrogen (secondary N) is 1.